The number of nitrogens with one attached hydrogen (secondary N) is 2. The van der Waals surface area contributed by atoms with Crippen molar-refractivity contribution in [3.63, 3.8) is 0 Å². The van der Waals surface area contributed by atoms with Crippen LogP contribution in [0.1, 0.15) is 64.0 Å². The Balaban J connectivity index is 1.45. The van der Waals surface area contributed by atoms with E-state index in [4.69, 9.17) is 4.74 Å². The first-order valence-electron chi connectivity index (χ1n) is 12.6. The SMILES string of the molecule is Cc1nc(-c2nnn(C)c2NC(=O)O[C@H](C)C2CCCC2)ccc1NC(=O)C1CCCCC1C(=O)O. The zero-order valence-corrected chi connectivity index (χ0v) is 21.0. The highest BCUT2D eigenvalue weighted by atomic mass is 16.6. The van der Waals surface area contributed by atoms with Crippen molar-refractivity contribution < 1.29 is 24.2 Å². The molecule has 0 aromatic carbocycles. The molecule has 3 atom stereocenters. The third-order valence-electron chi connectivity index (χ3n) is 7.41. The third kappa shape index (κ3) is 5.66. The Morgan fingerprint density at radius 2 is 1.72 bits per heavy atom. The summed E-state index contributed by atoms with van der Waals surface area (Å²) in [5.74, 6) is -1.74. The Bertz CT molecular complexity index is 1130. The van der Waals surface area contributed by atoms with Gasteiger partial charge in [0.1, 0.15) is 6.10 Å². The predicted molar refractivity (Wildman–Crippen MR) is 132 cm³/mol. The van der Waals surface area contributed by atoms with Gasteiger partial charge in [0.2, 0.25) is 5.91 Å². The van der Waals surface area contributed by atoms with Crippen molar-refractivity contribution in [2.75, 3.05) is 10.6 Å². The molecular weight excluding hydrogens is 464 g/mol. The highest BCUT2D eigenvalue weighted by Crippen LogP contribution is 2.33. The van der Waals surface area contributed by atoms with Crippen molar-refractivity contribution in [2.45, 2.75) is 71.3 Å². The van der Waals surface area contributed by atoms with E-state index in [1.165, 1.54) is 4.68 Å². The molecule has 0 spiro atoms. The van der Waals surface area contributed by atoms with Crippen LogP contribution < -0.4 is 10.6 Å². The Morgan fingerprint density at radius 1 is 1.06 bits per heavy atom. The molecule has 2 aliphatic carbocycles. The highest BCUT2D eigenvalue weighted by Gasteiger charge is 2.36. The number of carbonyl (C=O) groups is 3. The zero-order valence-electron chi connectivity index (χ0n) is 21.0. The number of hydrogen-bond donors (Lipinski definition) is 3. The highest BCUT2D eigenvalue weighted by molar-refractivity contribution is 5.96. The van der Waals surface area contributed by atoms with Crippen LogP contribution >= 0.6 is 0 Å². The second kappa shape index (κ2) is 11.0. The molecule has 2 saturated carbocycles. The van der Waals surface area contributed by atoms with Crippen molar-refractivity contribution in [3.8, 4) is 11.4 Å². The molecule has 0 bridgehead atoms. The Kier molecular flexibility index (Phi) is 7.85. The predicted octanol–water partition coefficient (Wildman–Crippen LogP) is 4.14. The molecule has 2 heterocycles. The number of hydrogen-bond acceptors (Lipinski definition) is 7. The van der Waals surface area contributed by atoms with E-state index in [9.17, 15) is 19.5 Å². The number of carbonyl (C=O) groups excluding carboxylic acids is 2. The molecule has 36 heavy (non-hydrogen) atoms. The molecular formula is C25H34N6O5. The van der Waals surface area contributed by atoms with E-state index >= 15 is 0 Å². The summed E-state index contributed by atoms with van der Waals surface area (Å²) in [4.78, 5) is 41.6. The maximum Gasteiger partial charge on any atom is 0.413 e. The molecule has 2 aromatic rings. The van der Waals surface area contributed by atoms with Gasteiger partial charge < -0.3 is 15.2 Å². The topological polar surface area (TPSA) is 148 Å². The Morgan fingerprint density at radius 3 is 2.39 bits per heavy atom. The number of pyridine rings is 1. The second-order valence-electron chi connectivity index (χ2n) is 9.84. The molecule has 2 aliphatic rings. The molecule has 194 valence electrons. The number of ether oxygens (including phenoxy) is 1. The zero-order chi connectivity index (χ0) is 25.8. The number of rotatable bonds is 7. The lowest BCUT2D eigenvalue weighted by atomic mass is 9.78. The van der Waals surface area contributed by atoms with Crippen molar-refractivity contribution in [3.05, 3.63) is 17.8 Å². The summed E-state index contributed by atoms with van der Waals surface area (Å²) in [6.45, 7) is 3.66. The maximum atomic E-state index is 12.9. The molecule has 0 aliphatic heterocycles. The number of amides is 2. The van der Waals surface area contributed by atoms with E-state index < -0.39 is 23.9 Å². The smallest absolute Gasteiger partial charge is 0.413 e. The van der Waals surface area contributed by atoms with Gasteiger partial charge >= 0.3 is 12.1 Å². The number of aliphatic carboxylic acids is 1. The minimum absolute atomic E-state index is 0.176. The molecule has 2 unspecified atom stereocenters. The summed E-state index contributed by atoms with van der Waals surface area (Å²) < 4.78 is 7.04. The first-order chi connectivity index (χ1) is 17.2. The molecule has 4 rings (SSSR count). The quantitative estimate of drug-likeness (QED) is 0.516. The number of carboxylic acids is 1. The van der Waals surface area contributed by atoms with Crippen LogP contribution in [0.4, 0.5) is 16.3 Å². The van der Waals surface area contributed by atoms with Crippen molar-refractivity contribution >= 4 is 29.5 Å². The van der Waals surface area contributed by atoms with Gasteiger partial charge in [-0.3, -0.25) is 14.9 Å². The average Bonchev–Trinajstić information content (AvgIpc) is 3.51. The van der Waals surface area contributed by atoms with E-state index in [1.54, 1.807) is 26.1 Å². The first-order valence-corrected chi connectivity index (χ1v) is 12.6. The van der Waals surface area contributed by atoms with E-state index in [1.807, 2.05) is 6.92 Å². The summed E-state index contributed by atoms with van der Waals surface area (Å²) in [5.41, 5.74) is 1.89. The fourth-order valence-corrected chi connectivity index (χ4v) is 5.28. The van der Waals surface area contributed by atoms with Gasteiger partial charge in [-0.25, -0.2) is 14.5 Å². The van der Waals surface area contributed by atoms with Crippen LogP contribution in [-0.4, -0.2) is 49.2 Å². The lowest BCUT2D eigenvalue weighted by Crippen LogP contribution is -2.36. The molecule has 11 heteroatoms. The molecule has 3 N–H and O–H groups in total. The third-order valence-corrected chi connectivity index (χ3v) is 7.41. The van der Waals surface area contributed by atoms with Gasteiger partial charge in [0.05, 0.1) is 28.9 Å². The summed E-state index contributed by atoms with van der Waals surface area (Å²) in [6, 6.07) is 3.38. The lowest BCUT2D eigenvalue weighted by Gasteiger charge is -2.27. The van der Waals surface area contributed by atoms with E-state index in [2.05, 4.69) is 25.9 Å². The molecule has 2 fully saturated rings. The summed E-state index contributed by atoms with van der Waals surface area (Å²) in [6.07, 6.45) is 6.43. The largest absolute Gasteiger partial charge is 0.481 e. The van der Waals surface area contributed by atoms with Gasteiger partial charge in [-0.15, -0.1) is 5.10 Å². The standard InChI is InChI=1S/C25H34N6O5/c1-14-19(27-23(32)17-10-6-7-11-18(17)24(33)34)12-13-20(26-14)21-22(31(3)30-29-21)28-25(35)36-15(2)16-8-4-5-9-16/h12-13,15-18H,4-11H2,1-3H3,(H,27,32)(H,28,35)(H,33,34)/t15-,17?,18?/m1/s1. The second-order valence-corrected chi connectivity index (χ2v) is 9.84. The van der Waals surface area contributed by atoms with Gasteiger partial charge in [0.15, 0.2) is 11.5 Å². The minimum atomic E-state index is -0.932. The number of carboxylic acid groups (broad SMARTS) is 1. The van der Waals surface area contributed by atoms with Gasteiger partial charge in [0.25, 0.3) is 0 Å². The Labute approximate surface area is 210 Å². The van der Waals surface area contributed by atoms with Crippen molar-refractivity contribution in [1.29, 1.82) is 0 Å². The van der Waals surface area contributed by atoms with E-state index in [0.717, 1.165) is 38.5 Å². The van der Waals surface area contributed by atoms with Crippen molar-refractivity contribution in [1.82, 2.24) is 20.0 Å². The van der Waals surface area contributed by atoms with Gasteiger partial charge in [-0.2, -0.15) is 0 Å². The van der Waals surface area contributed by atoms with Crippen LogP contribution in [0.3, 0.4) is 0 Å². The monoisotopic (exact) mass is 498 g/mol. The van der Waals surface area contributed by atoms with Crippen LogP contribution in [0, 0.1) is 24.7 Å². The molecule has 0 saturated heterocycles. The van der Waals surface area contributed by atoms with E-state index in [-0.39, 0.29) is 12.0 Å². The van der Waals surface area contributed by atoms with Crippen LogP contribution in [0.15, 0.2) is 12.1 Å². The fourth-order valence-electron chi connectivity index (χ4n) is 5.28. The maximum absolute atomic E-state index is 12.9. The minimum Gasteiger partial charge on any atom is -0.481 e. The molecule has 2 aromatic heterocycles. The van der Waals surface area contributed by atoms with Crippen LogP contribution in [0.2, 0.25) is 0 Å². The van der Waals surface area contributed by atoms with Gasteiger partial charge in [-0.05, 0) is 57.6 Å². The fraction of sp³-hybridized carbons (Fsp3) is 0.600. The number of anilines is 2. The average molecular weight is 499 g/mol. The number of aromatic nitrogens is 4. The van der Waals surface area contributed by atoms with Gasteiger partial charge in [-0.1, -0.05) is 30.9 Å². The van der Waals surface area contributed by atoms with Gasteiger partial charge in [0, 0.05) is 7.05 Å². The number of nitrogens with zero attached hydrogens (tertiary/aromatic N) is 4. The molecule has 2 amide bonds. The van der Waals surface area contributed by atoms with Crippen LogP contribution in [0.5, 0.6) is 0 Å². The molecule has 0 radical (unpaired) electrons. The van der Waals surface area contributed by atoms with E-state index in [0.29, 0.717) is 47.3 Å². The lowest BCUT2D eigenvalue weighted by molar-refractivity contribution is -0.147. The summed E-state index contributed by atoms with van der Waals surface area (Å²) >= 11 is 0. The summed E-state index contributed by atoms with van der Waals surface area (Å²) in [5, 5.41) is 23.3. The first kappa shape index (κ1) is 25.6. The van der Waals surface area contributed by atoms with Crippen LogP contribution in [0.25, 0.3) is 11.4 Å². The normalized spacial score (nSPS) is 21.1. The molecule has 11 nitrogen and oxygen atoms in total. The van der Waals surface area contributed by atoms with Crippen molar-refractivity contribution in [2.24, 2.45) is 24.8 Å². The van der Waals surface area contributed by atoms with Crippen LogP contribution in [-0.2, 0) is 21.4 Å². The summed E-state index contributed by atoms with van der Waals surface area (Å²) in [7, 11) is 1.66. The number of aryl methyl sites for hydroxylation is 2. The Hall–Kier alpha value is -3.50.